The Morgan fingerprint density at radius 1 is 0.952 bits per heavy atom. The van der Waals surface area contributed by atoms with Crippen molar-refractivity contribution in [1.82, 2.24) is 0 Å². The van der Waals surface area contributed by atoms with Gasteiger partial charge in [0.05, 0.1) is 6.61 Å². The minimum absolute atomic E-state index is 0.0363. The van der Waals surface area contributed by atoms with Crippen molar-refractivity contribution < 1.29 is 14.3 Å². The van der Waals surface area contributed by atoms with Crippen LogP contribution in [0.15, 0.2) is 66.2 Å². The van der Waals surface area contributed by atoms with Gasteiger partial charge in [0.2, 0.25) is 0 Å². The van der Waals surface area contributed by atoms with Crippen LogP contribution in [0.3, 0.4) is 0 Å². The highest BCUT2D eigenvalue weighted by Gasteiger charge is 2.20. The Kier molecular flexibility index (Phi) is 5.04. The molecule has 0 N–H and O–H groups in total. The number of hydrogen-bond donors (Lipinski definition) is 0. The summed E-state index contributed by atoms with van der Waals surface area (Å²) in [5.74, 6) is -0.937. The van der Waals surface area contributed by atoms with Crippen LogP contribution >= 0.6 is 0 Å². The van der Waals surface area contributed by atoms with Gasteiger partial charge in [0.15, 0.2) is 5.78 Å². The lowest BCUT2D eigenvalue weighted by molar-refractivity contribution is -0.137. The van der Waals surface area contributed by atoms with Crippen molar-refractivity contribution in [3.8, 4) is 0 Å². The van der Waals surface area contributed by atoms with Gasteiger partial charge in [0.1, 0.15) is 5.57 Å². The Bertz CT molecular complexity index is 643. The number of ketones is 1. The second kappa shape index (κ2) is 7.20. The van der Waals surface area contributed by atoms with Gasteiger partial charge in [-0.25, -0.2) is 4.79 Å². The molecule has 2 aromatic carbocycles. The Morgan fingerprint density at radius 3 is 2.10 bits per heavy atom. The number of benzene rings is 2. The summed E-state index contributed by atoms with van der Waals surface area (Å²) in [5, 5.41) is 0. The summed E-state index contributed by atoms with van der Waals surface area (Å²) in [4.78, 5) is 24.5. The van der Waals surface area contributed by atoms with Crippen LogP contribution in [0.25, 0.3) is 6.08 Å². The van der Waals surface area contributed by atoms with Gasteiger partial charge in [-0.1, -0.05) is 60.7 Å². The third-order valence-corrected chi connectivity index (χ3v) is 2.89. The van der Waals surface area contributed by atoms with Crippen LogP contribution in [-0.4, -0.2) is 18.4 Å². The molecule has 0 aliphatic heterocycles. The molecule has 2 rings (SSSR count). The fourth-order valence-corrected chi connectivity index (χ4v) is 1.89. The lowest BCUT2D eigenvalue weighted by atomic mass is 10.0. The average Bonchev–Trinajstić information content (AvgIpc) is 2.54. The third kappa shape index (κ3) is 3.89. The lowest BCUT2D eigenvalue weighted by Crippen LogP contribution is -2.16. The number of carbonyl (C=O) groups is 2. The Balaban J connectivity index is 2.40. The summed E-state index contributed by atoms with van der Waals surface area (Å²) in [6, 6.07) is 17.9. The summed E-state index contributed by atoms with van der Waals surface area (Å²) in [6.45, 7) is 1.94. The summed E-state index contributed by atoms with van der Waals surface area (Å²) in [7, 11) is 0. The van der Waals surface area contributed by atoms with Crippen LogP contribution in [0.5, 0.6) is 0 Å². The first-order chi connectivity index (χ1) is 10.2. The molecule has 0 spiro atoms. The molecule has 0 saturated carbocycles. The number of rotatable bonds is 5. The summed E-state index contributed by atoms with van der Waals surface area (Å²) >= 11 is 0. The zero-order valence-corrected chi connectivity index (χ0v) is 11.8. The molecule has 0 bridgehead atoms. The standard InChI is InChI=1S/C18H16O3/c1-2-21-18(20)16(13-14-9-5-3-6-10-14)17(19)15-11-7-4-8-12-15/h3-13H,2H2,1H3/b16-13-. The van der Waals surface area contributed by atoms with Crippen LogP contribution in [0, 0.1) is 0 Å². The van der Waals surface area contributed by atoms with Crippen molar-refractivity contribution in [3.05, 3.63) is 77.4 Å². The van der Waals surface area contributed by atoms with E-state index in [0.717, 1.165) is 5.56 Å². The maximum Gasteiger partial charge on any atom is 0.342 e. The average molecular weight is 280 g/mol. The quantitative estimate of drug-likeness (QED) is 0.277. The van der Waals surface area contributed by atoms with Crippen LogP contribution < -0.4 is 0 Å². The van der Waals surface area contributed by atoms with Crippen LogP contribution in [0.1, 0.15) is 22.8 Å². The molecule has 0 amide bonds. The normalized spacial score (nSPS) is 11.0. The van der Waals surface area contributed by atoms with Crippen molar-refractivity contribution in [3.63, 3.8) is 0 Å². The van der Waals surface area contributed by atoms with E-state index in [9.17, 15) is 9.59 Å². The van der Waals surface area contributed by atoms with Gasteiger partial charge < -0.3 is 4.74 Å². The molecule has 21 heavy (non-hydrogen) atoms. The molecule has 0 heterocycles. The van der Waals surface area contributed by atoms with E-state index in [0.29, 0.717) is 5.56 Å². The van der Waals surface area contributed by atoms with Crippen molar-refractivity contribution >= 4 is 17.8 Å². The van der Waals surface area contributed by atoms with E-state index in [2.05, 4.69) is 0 Å². The van der Waals surface area contributed by atoms with Crippen LogP contribution in [0.2, 0.25) is 0 Å². The maximum atomic E-state index is 12.5. The molecule has 0 aliphatic rings. The van der Waals surface area contributed by atoms with E-state index in [-0.39, 0.29) is 18.0 Å². The number of hydrogen-bond acceptors (Lipinski definition) is 3. The predicted octanol–water partition coefficient (Wildman–Crippen LogP) is 3.52. The van der Waals surface area contributed by atoms with Gasteiger partial charge in [-0.05, 0) is 18.6 Å². The first-order valence-corrected chi connectivity index (χ1v) is 6.76. The maximum absolute atomic E-state index is 12.5. The van der Waals surface area contributed by atoms with Gasteiger partial charge in [-0.15, -0.1) is 0 Å². The second-order valence-electron chi connectivity index (χ2n) is 4.38. The Hall–Kier alpha value is -2.68. The molecule has 0 fully saturated rings. The molecular formula is C18H16O3. The van der Waals surface area contributed by atoms with E-state index in [1.54, 1.807) is 37.3 Å². The molecular weight excluding hydrogens is 264 g/mol. The lowest BCUT2D eigenvalue weighted by Gasteiger charge is -2.06. The highest BCUT2D eigenvalue weighted by Crippen LogP contribution is 2.14. The van der Waals surface area contributed by atoms with Gasteiger partial charge >= 0.3 is 5.97 Å². The van der Waals surface area contributed by atoms with E-state index < -0.39 is 5.97 Å². The molecule has 0 atom stereocenters. The number of Topliss-reactive ketones (excluding diaryl/α,β-unsaturated/α-hetero) is 1. The number of ether oxygens (including phenoxy) is 1. The smallest absolute Gasteiger partial charge is 0.342 e. The van der Waals surface area contributed by atoms with E-state index >= 15 is 0 Å². The minimum atomic E-state index is -0.602. The molecule has 0 unspecified atom stereocenters. The molecule has 0 saturated heterocycles. The SMILES string of the molecule is CCOC(=O)/C(=C\c1ccccc1)C(=O)c1ccccc1. The zero-order valence-electron chi connectivity index (χ0n) is 11.8. The molecule has 0 radical (unpaired) electrons. The largest absolute Gasteiger partial charge is 0.462 e. The summed E-state index contributed by atoms with van der Waals surface area (Å²) < 4.78 is 4.99. The topological polar surface area (TPSA) is 43.4 Å². The first-order valence-electron chi connectivity index (χ1n) is 6.76. The Labute approximate surface area is 123 Å². The van der Waals surface area contributed by atoms with E-state index in [4.69, 9.17) is 4.74 Å². The number of carbonyl (C=O) groups excluding carboxylic acids is 2. The van der Waals surface area contributed by atoms with Crippen molar-refractivity contribution in [2.45, 2.75) is 6.92 Å². The fraction of sp³-hybridized carbons (Fsp3) is 0.111. The highest BCUT2D eigenvalue weighted by atomic mass is 16.5. The van der Waals surface area contributed by atoms with Crippen molar-refractivity contribution in [2.24, 2.45) is 0 Å². The van der Waals surface area contributed by atoms with Crippen molar-refractivity contribution in [2.75, 3.05) is 6.61 Å². The van der Waals surface area contributed by atoms with Gasteiger partial charge in [-0.3, -0.25) is 4.79 Å². The van der Waals surface area contributed by atoms with E-state index in [1.807, 2.05) is 36.4 Å². The third-order valence-electron chi connectivity index (χ3n) is 2.89. The van der Waals surface area contributed by atoms with Crippen LogP contribution in [-0.2, 0) is 9.53 Å². The molecule has 0 aliphatic carbocycles. The minimum Gasteiger partial charge on any atom is -0.462 e. The molecule has 106 valence electrons. The summed E-state index contributed by atoms with van der Waals surface area (Å²) in [6.07, 6.45) is 1.56. The fourth-order valence-electron chi connectivity index (χ4n) is 1.89. The highest BCUT2D eigenvalue weighted by molar-refractivity contribution is 6.26. The molecule has 2 aromatic rings. The number of esters is 1. The predicted molar refractivity (Wildman–Crippen MR) is 81.8 cm³/mol. The van der Waals surface area contributed by atoms with Gasteiger partial charge in [0, 0.05) is 5.56 Å². The zero-order chi connectivity index (χ0) is 15.1. The second-order valence-corrected chi connectivity index (χ2v) is 4.38. The van der Waals surface area contributed by atoms with Gasteiger partial charge in [-0.2, -0.15) is 0 Å². The van der Waals surface area contributed by atoms with Crippen LogP contribution in [0.4, 0.5) is 0 Å². The molecule has 3 heteroatoms. The monoisotopic (exact) mass is 280 g/mol. The Morgan fingerprint density at radius 2 is 1.52 bits per heavy atom. The van der Waals surface area contributed by atoms with E-state index in [1.165, 1.54) is 0 Å². The van der Waals surface area contributed by atoms with Gasteiger partial charge in [0.25, 0.3) is 0 Å². The summed E-state index contributed by atoms with van der Waals surface area (Å²) in [5.41, 5.74) is 1.28. The molecule has 3 nitrogen and oxygen atoms in total. The molecule has 0 aromatic heterocycles. The first kappa shape index (κ1) is 14.7. The van der Waals surface area contributed by atoms with Crippen molar-refractivity contribution in [1.29, 1.82) is 0 Å².